The second-order valence-corrected chi connectivity index (χ2v) is 3.11. The van der Waals surface area contributed by atoms with Gasteiger partial charge in [0.1, 0.15) is 0 Å². The molecule has 1 heteroatoms. The van der Waals surface area contributed by atoms with Crippen LogP contribution in [0.25, 0.3) is 0 Å². The van der Waals surface area contributed by atoms with Crippen molar-refractivity contribution in [1.29, 1.82) is 0 Å². The van der Waals surface area contributed by atoms with Crippen molar-refractivity contribution >= 4 is 0 Å². The van der Waals surface area contributed by atoms with Crippen molar-refractivity contribution < 1.29 is 0 Å². The van der Waals surface area contributed by atoms with E-state index in [1.54, 1.807) is 0 Å². The fourth-order valence-corrected chi connectivity index (χ4v) is 1.48. The van der Waals surface area contributed by atoms with Crippen LogP contribution >= 0.6 is 0 Å². The lowest BCUT2D eigenvalue weighted by Crippen LogP contribution is -1.97. The molecule has 0 saturated carbocycles. The van der Waals surface area contributed by atoms with Crippen molar-refractivity contribution in [2.45, 2.75) is 34.1 Å². The minimum atomic E-state index is 1.02. The first-order valence-corrected chi connectivity index (χ1v) is 4.59. The molecule has 0 atom stereocenters. The van der Waals surface area contributed by atoms with Crippen molar-refractivity contribution in [3.05, 3.63) is 28.6 Å². The van der Waals surface area contributed by atoms with Crippen molar-refractivity contribution in [3.8, 4) is 11.8 Å². The number of hydrogen-bond donors (Lipinski definition) is 0. The summed E-state index contributed by atoms with van der Waals surface area (Å²) in [4.78, 5) is 4.40. The van der Waals surface area contributed by atoms with E-state index in [0.717, 1.165) is 23.4 Å². The standard InChI is InChI=1S/C12H15N/c1-5-7-12-10(4)13-9(3)8-11(12)6-2/h8H,6H2,1-4H3. The number of nitrogens with zero attached hydrogens (tertiary/aromatic N) is 1. The molecule has 0 aromatic carbocycles. The van der Waals surface area contributed by atoms with Crippen LogP contribution in [0.1, 0.15) is 36.4 Å². The number of aryl methyl sites for hydroxylation is 3. The summed E-state index contributed by atoms with van der Waals surface area (Å²) in [6.45, 7) is 8.05. The fraction of sp³-hybridized carbons (Fsp3) is 0.417. The van der Waals surface area contributed by atoms with Gasteiger partial charge >= 0.3 is 0 Å². The zero-order valence-corrected chi connectivity index (χ0v) is 8.73. The van der Waals surface area contributed by atoms with Crippen molar-refractivity contribution in [2.24, 2.45) is 0 Å². The van der Waals surface area contributed by atoms with Gasteiger partial charge in [-0.05, 0) is 38.8 Å². The Morgan fingerprint density at radius 3 is 2.62 bits per heavy atom. The third-order valence-electron chi connectivity index (χ3n) is 2.04. The number of pyridine rings is 1. The Balaban J connectivity index is 3.35. The van der Waals surface area contributed by atoms with Crippen LogP contribution in [-0.2, 0) is 6.42 Å². The molecule has 0 radical (unpaired) electrons. The van der Waals surface area contributed by atoms with E-state index < -0.39 is 0 Å². The molecule has 0 fully saturated rings. The van der Waals surface area contributed by atoms with E-state index in [-0.39, 0.29) is 0 Å². The van der Waals surface area contributed by atoms with Gasteiger partial charge in [0.15, 0.2) is 0 Å². The molecule has 1 aromatic heterocycles. The molecule has 0 aliphatic rings. The molecule has 0 aliphatic heterocycles. The van der Waals surface area contributed by atoms with Gasteiger partial charge in [0.25, 0.3) is 0 Å². The Morgan fingerprint density at radius 2 is 2.08 bits per heavy atom. The van der Waals surface area contributed by atoms with Crippen LogP contribution in [0.2, 0.25) is 0 Å². The maximum Gasteiger partial charge on any atom is 0.0534 e. The molecule has 0 bridgehead atoms. The van der Waals surface area contributed by atoms with Gasteiger partial charge in [-0.25, -0.2) is 0 Å². The van der Waals surface area contributed by atoms with Crippen LogP contribution in [-0.4, -0.2) is 4.98 Å². The van der Waals surface area contributed by atoms with Crippen molar-refractivity contribution in [2.75, 3.05) is 0 Å². The maximum atomic E-state index is 4.40. The van der Waals surface area contributed by atoms with Crippen LogP contribution in [0.4, 0.5) is 0 Å². The molecule has 0 N–H and O–H groups in total. The van der Waals surface area contributed by atoms with E-state index in [0.29, 0.717) is 0 Å². The number of aromatic nitrogens is 1. The predicted molar refractivity (Wildman–Crippen MR) is 55.6 cm³/mol. The van der Waals surface area contributed by atoms with E-state index in [4.69, 9.17) is 0 Å². The Morgan fingerprint density at radius 1 is 1.38 bits per heavy atom. The number of hydrogen-bond acceptors (Lipinski definition) is 1. The van der Waals surface area contributed by atoms with Gasteiger partial charge in [0.2, 0.25) is 0 Å². The second-order valence-electron chi connectivity index (χ2n) is 3.11. The molecule has 1 heterocycles. The molecule has 0 amide bonds. The predicted octanol–water partition coefficient (Wildman–Crippen LogP) is 2.63. The average Bonchev–Trinajstić information content (AvgIpc) is 2.09. The topological polar surface area (TPSA) is 12.9 Å². The summed E-state index contributed by atoms with van der Waals surface area (Å²) in [5.74, 6) is 6.04. The van der Waals surface area contributed by atoms with Gasteiger partial charge in [-0.1, -0.05) is 12.8 Å². The Bertz CT molecular complexity index is 367. The normalized spacial score (nSPS) is 9.23. The highest BCUT2D eigenvalue weighted by atomic mass is 14.7. The lowest BCUT2D eigenvalue weighted by atomic mass is 10.0. The van der Waals surface area contributed by atoms with Crippen molar-refractivity contribution in [1.82, 2.24) is 4.98 Å². The summed E-state index contributed by atoms with van der Waals surface area (Å²) in [6.07, 6.45) is 1.02. The minimum Gasteiger partial charge on any atom is -0.257 e. The lowest BCUT2D eigenvalue weighted by molar-refractivity contribution is 1.04. The molecule has 1 nitrogen and oxygen atoms in total. The second kappa shape index (κ2) is 4.09. The van der Waals surface area contributed by atoms with Gasteiger partial charge in [-0.15, -0.1) is 5.92 Å². The van der Waals surface area contributed by atoms with E-state index in [1.165, 1.54) is 5.56 Å². The summed E-state index contributed by atoms with van der Waals surface area (Å²) in [5, 5.41) is 0. The molecule has 0 unspecified atom stereocenters. The van der Waals surface area contributed by atoms with E-state index >= 15 is 0 Å². The van der Waals surface area contributed by atoms with Gasteiger partial charge in [-0.3, -0.25) is 4.98 Å². The van der Waals surface area contributed by atoms with Crippen LogP contribution in [0, 0.1) is 25.7 Å². The Labute approximate surface area is 80.2 Å². The van der Waals surface area contributed by atoms with Gasteiger partial charge in [0, 0.05) is 11.3 Å². The van der Waals surface area contributed by atoms with Gasteiger partial charge < -0.3 is 0 Å². The molecule has 1 aromatic rings. The third kappa shape index (κ3) is 2.09. The van der Waals surface area contributed by atoms with Crippen molar-refractivity contribution in [3.63, 3.8) is 0 Å². The van der Waals surface area contributed by atoms with Crippen LogP contribution in [0.3, 0.4) is 0 Å². The summed E-state index contributed by atoms with van der Waals surface area (Å²) >= 11 is 0. The first kappa shape index (κ1) is 9.80. The largest absolute Gasteiger partial charge is 0.257 e. The quantitative estimate of drug-likeness (QED) is 0.595. The lowest BCUT2D eigenvalue weighted by Gasteiger charge is -2.06. The molecular formula is C12H15N. The molecule has 0 saturated heterocycles. The Kier molecular flexibility index (Phi) is 3.08. The summed E-state index contributed by atoms with van der Waals surface area (Å²) in [7, 11) is 0. The maximum absolute atomic E-state index is 4.40. The zero-order valence-electron chi connectivity index (χ0n) is 8.73. The summed E-state index contributed by atoms with van der Waals surface area (Å²) in [6, 6.07) is 2.12. The monoisotopic (exact) mass is 173 g/mol. The molecule has 0 spiro atoms. The first-order valence-electron chi connectivity index (χ1n) is 4.59. The average molecular weight is 173 g/mol. The minimum absolute atomic E-state index is 1.02. The molecule has 1 rings (SSSR count). The van der Waals surface area contributed by atoms with Crippen LogP contribution in [0.5, 0.6) is 0 Å². The van der Waals surface area contributed by atoms with Crippen LogP contribution in [0.15, 0.2) is 6.07 Å². The SMILES string of the molecule is CC#Cc1c(CC)cc(C)nc1C. The number of rotatable bonds is 1. The van der Waals surface area contributed by atoms with Gasteiger partial charge in [-0.2, -0.15) is 0 Å². The first-order chi connectivity index (χ1) is 6.19. The summed E-state index contributed by atoms with van der Waals surface area (Å²) in [5.41, 5.74) is 4.54. The zero-order chi connectivity index (χ0) is 9.84. The van der Waals surface area contributed by atoms with E-state index in [9.17, 15) is 0 Å². The third-order valence-corrected chi connectivity index (χ3v) is 2.04. The Hall–Kier alpha value is -1.29. The van der Waals surface area contributed by atoms with Gasteiger partial charge in [0.05, 0.1) is 5.69 Å². The fourth-order valence-electron chi connectivity index (χ4n) is 1.48. The van der Waals surface area contributed by atoms with E-state index in [2.05, 4.69) is 29.8 Å². The smallest absolute Gasteiger partial charge is 0.0534 e. The highest BCUT2D eigenvalue weighted by Crippen LogP contribution is 2.13. The highest BCUT2D eigenvalue weighted by molar-refractivity contribution is 5.44. The van der Waals surface area contributed by atoms with Crippen LogP contribution < -0.4 is 0 Å². The molecule has 0 aliphatic carbocycles. The highest BCUT2D eigenvalue weighted by Gasteiger charge is 2.03. The van der Waals surface area contributed by atoms with E-state index in [1.807, 2.05) is 20.8 Å². The summed E-state index contributed by atoms with van der Waals surface area (Å²) < 4.78 is 0. The molecule has 13 heavy (non-hydrogen) atoms. The molecule has 68 valence electrons. The molecular weight excluding hydrogens is 158 g/mol.